The third kappa shape index (κ3) is 3.37. The van der Waals surface area contributed by atoms with Crippen molar-refractivity contribution in [1.82, 2.24) is 14.9 Å². The van der Waals surface area contributed by atoms with Gasteiger partial charge in [-0.25, -0.2) is 4.98 Å². The molecule has 2 aromatic heterocycles. The molecule has 1 unspecified atom stereocenters. The fourth-order valence-corrected chi connectivity index (χ4v) is 4.07. The lowest BCUT2D eigenvalue weighted by atomic mass is 9.99. The summed E-state index contributed by atoms with van der Waals surface area (Å²) >= 11 is 1.76. The molecule has 3 heterocycles. The number of hydrogen-bond donors (Lipinski definition) is 1. The van der Waals surface area contributed by atoms with E-state index >= 15 is 0 Å². The van der Waals surface area contributed by atoms with Crippen LogP contribution >= 0.6 is 11.3 Å². The second-order valence-electron chi connectivity index (χ2n) is 6.05. The molecule has 0 amide bonds. The zero-order chi connectivity index (χ0) is 16.2. The van der Waals surface area contributed by atoms with E-state index in [9.17, 15) is 0 Å². The fraction of sp³-hybridized carbons (Fsp3) is 0.316. The van der Waals surface area contributed by atoms with E-state index in [1.807, 2.05) is 54.9 Å². The predicted molar refractivity (Wildman–Crippen MR) is 96.6 cm³/mol. The molecule has 0 aliphatic carbocycles. The van der Waals surface area contributed by atoms with Gasteiger partial charge in [0.05, 0.1) is 5.01 Å². The van der Waals surface area contributed by atoms with Gasteiger partial charge in [-0.3, -0.25) is 0 Å². The molecule has 4 nitrogen and oxygen atoms in total. The van der Waals surface area contributed by atoms with Crippen LogP contribution in [0.15, 0.2) is 60.2 Å². The molecule has 0 spiro atoms. The summed E-state index contributed by atoms with van der Waals surface area (Å²) in [6.45, 7) is 2.17. The second kappa shape index (κ2) is 7.20. The normalized spacial score (nSPS) is 16.8. The topological polar surface area (TPSA) is 39.1 Å². The molecule has 24 heavy (non-hydrogen) atoms. The van der Waals surface area contributed by atoms with Crippen LogP contribution in [0.1, 0.15) is 35.7 Å². The molecule has 3 aromatic rings. The number of nitrogens with one attached hydrogen (secondary N) is 1. The maximum Gasteiger partial charge on any atom is 0.219 e. The minimum atomic E-state index is -0.228. The highest BCUT2D eigenvalue weighted by Gasteiger charge is 2.23. The first kappa shape index (κ1) is 15.4. The van der Waals surface area contributed by atoms with E-state index < -0.39 is 0 Å². The van der Waals surface area contributed by atoms with Crippen LogP contribution in [0.5, 0.6) is 5.75 Å². The Balaban J connectivity index is 1.60. The van der Waals surface area contributed by atoms with Crippen LogP contribution in [0.4, 0.5) is 0 Å². The molecule has 1 aliphatic heterocycles. The lowest BCUT2D eigenvalue weighted by Crippen LogP contribution is -2.26. The number of rotatable bonds is 5. The predicted octanol–water partition coefficient (Wildman–Crippen LogP) is 4.04. The van der Waals surface area contributed by atoms with Crippen LogP contribution in [0.2, 0.25) is 0 Å². The molecule has 5 heteroatoms. The summed E-state index contributed by atoms with van der Waals surface area (Å²) < 4.78 is 8.30. The Labute approximate surface area is 146 Å². The molecule has 124 valence electrons. The van der Waals surface area contributed by atoms with Gasteiger partial charge in [0, 0.05) is 23.7 Å². The molecule has 1 saturated heterocycles. The van der Waals surface area contributed by atoms with Gasteiger partial charge in [0.1, 0.15) is 11.4 Å². The molecule has 1 N–H and O–H groups in total. The van der Waals surface area contributed by atoms with Crippen molar-refractivity contribution in [3.05, 3.63) is 70.9 Å². The minimum Gasteiger partial charge on any atom is -0.464 e. The summed E-state index contributed by atoms with van der Waals surface area (Å²) in [7, 11) is 0. The van der Waals surface area contributed by atoms with Crippen molar-refractivity contribution >= 4 is 11.3 Å². The van der Waals surface area contributed by atoms with Gasteiger partial charge >= 0.3 is 0 Å². The summed E-state index contributed by atoms with van der Waals surface area (Å²) in [5, 5.41) is 6.80. The van der Waals surface area contributed by atoms with Crippen LogP contribution in [-0.4, -0.2) is 22.6 Å². The molecule has 0 saturated carbocycles. The monoisotopic (exact) mass is 339 g/mol. The van der Waals surface area contributed by atoms with Crippen molar-refractivity contribution in [2.75, 3.05) is 13.1 Å². The van der Waals surface area contributed by atoms with Gasteiger partial charge in [-0.1, -0.05) is 18.2 Å². The van der Waals surface area contributed by atoms with Crippen LogP contribution in [-0.2, 0) is 0 Å². The summed E-state index contributed by atoms with van der Waals surface area (Å²) in [6, 6.07) is 14.0. The quantitative estimate of drug-likeness (QED) is 0.762. The van der Waals surface area contributed by atoms with E-state index in [4.69, 9.17) is 9.72 Å². The Morgan fingerprint density at radius 2 is 1.83 bits per heavy atom. The molecular weight excluding hydrogens is 318 g/mol. The van der Waals surface area contributed by atoms with E-state index in [2.05, 4.69) is 15.3 Å². The Morgan fingerprint density at radius 1 is 1.08 bits per heavy atom. The van der Waals surface area contributed by atoms with Crippen molar-refractivity contribution in [3.63, 3.8) is 0 Å². The number of piperidine rings is 1. The van der Waals surface area contributed by atoms with Gasteiger partial charge < -0.3 is 14.6 Å². The molecule has 4 rings (SSSR count). The molecule has 1 fully saturated rings. The zero-order valence-corrected chi connectivity index (χ0v) is 14.3. The molecule has 1 atom stereocenters. The van der Waals surface area contributed by atoms with Crippen LogP contribution in [0.25, 0.3) is 0 Å². The summed E-state index contributed by atoms with van der Waals surface area (Å²) in [5.41, 5.74) is 0.980. The van der Waals surface area contributed by atoms with Gasteiger partial charge in [0.25, 0.3) is 0 Å². The number of hydrogen-bond acceptors (Lipinski definition) is 4. The molecule has 0 radical (unpaired) electrons. The maximum atomic E-state index is 6.24. The van der Waals surface area contributed by atoms with Gasteiger partial charge in [-0.2, -0.15) is 0 Å². The molecule has 1 aliphatic rings. The summed E-state index contributed by atoms with van der Waals surface area (Å²) in [6.07, 6.45) is 6.16. The number of ether oxygens (including phenoxy) is 1. The number of thiazole rings is 1. The number of para-hydroxylation sites is 1. The average Bonchev–Trinajstić information content (AvgIpc) is 3.34. The first-order chi connectivity index (χ1) is 11.9. The lowest BCUT2D eigenvalue weighted by Gasteiger charge is -2.21. The highest BCUT2D eigenvalue weighted by Crippen LogP contribution is 2.31. The standard InChI is InChI=1S/C19H21N3OS/c1-2-6-16(7-3-1)23-19(22-12-4-5-13-22)17-14-24-18(21-17)15-8-10-20-11-9-15/h1-7,12-15,19-20H,8-11H2. The average molecular weight is 339 g/mol. The first-order valence-electron chi connectivity index (χ1n) is 8.40. The third-order valence-electron chi connectivity index (χ3n) is 4.37. The SMILES string of the molecule is c1ccc(OC(c2csc(C3CCNCC3)n2)n2cccc2)cc1. The van der Waals surface area contributed by atoms with E-state index in [0.717, 1.165) is 24.5 Å². The largest absolute Gasteiger partial charge is 0.464 e. The van der Waals surface area contributed by atoms with E-state index in [1.165, 1.54) is 17.8 Å². The Hall–Kier alpha value is -2.11. The zero-order valence-electron chi connectivity index (χ0n) is 13.5. The second-order valence-corrected chi connectivity index (χ2v) is 6.94. The number of aromatic nitrogens is 2. The van der Waals surface area contributed by atoms with Crippen molar-refractivity contribution in [2.45, 2.75) is 25.0 Å². The highest BCUT2D eigenvalue weighted by atomic mass is 32.1. The Kier molecular flexibility index (Phi) is 4.62. The molecular formula is C19H21N3OS. The lowest BCUT2D eigenvalue weighted by molar-refractivity contribution is 0.170. The maximum absolute atomic E-state index is 6.24. The van der Waals surface area contributed by atoms with Gasteiger partial charge in [-0.15, -0.1) is 11.3 Å². The minimum absolute atomic E-state index is 0.228. The number of benzene rings is 1. The third-order valence-corrected chi connectivity index (χ3v) is 5.40. The first-order valence-corrected chi connectivity index (χ1v) is 9.28. The highest BCUT2D eigenvalue weighted by molar-refractivity contribution is 7.09. The van der Waals surface area contributed by atoms with Crippen LogP contribution in [0, 0.1) is 0 Å². The molecule has 1 aromatic carbocycles. The summed E-state index contributed by atoms with van der Waals surface area (Å²) in [4.78, 5) is 4.93. The molecule has 0 bridgehead atoms. The van der Waals surface area contributed by atoms with Gasteiger partial charge in [0.2, 0.25) is 6.23 Å². The fourth-order valence-electron chi connectivity index (χ4n) is 3.08. The van der Waals surface area contributed by atoms with E-state index in [-0.39, 0.29) is 6.23 Å². The van der Waals surface area contributed by atoms with E-state index in [1.54, 1.807) is 11.3 Å². The van der Waals surface area contributed by atoms with Gasteiger partial charge in [-0.05, 0) is 50.2 Å². The van der Waals surface area contributed by atoms with Crippen LogP contribution in [0.3, 0.4) is 0 Å². The Morgan fingerprint density at radius 3 is 2.58 bits per heavy atom. The van der Waals surface area contributed by atoms with Gasteiger partial charge in [0.15, 0.2) is 0 Å². The van der Waals surface area contributed by atoms with Crippen molar-refractivity contribution in [2.24, 2.45) is 0 Å². The number of nitrogens with zero attached hydrogens (tertiary/aromatic N) is 2. The van der Waals surface area contributed by atoms with Crippen molar-refractivity contribution < 1.29 is 4.74 Å². The Bertz CT molecular complexity index is 748. The van der Waals surface area contributed by atoms with Crippen LogP contribution < -0.4 is 10.1 Å². The van der Waals surface area contributed by atoms with E-state index in [0.29, 0.717) is 5.92 Å². The smallest absolute Gasteiger partial charge is 0.219 e. The van der Waals surface area contributed by atoms with Crippen molar-refractivity contribution in [3.8, 4) is 5.75 Å². The summed E-state index contributed by atoms with van der Waals surface area (Å²) in [5.74, 6) is 1.43. The van der Waals surface area contributed by atoms with Crippen molar-refractivity contribution in [1.29, 1.82) is 0 Å².